The van der Waals surface area contributed by atoms with E-state index in [1.165, 1.54) is 28.9 Å². The summed E-state index contributed by atoms with van der Waals surface area (Å²) >= 11 is 7.52. The first-order valence-electron chi connectivity index (χ1n) is 9.64. The van der Waals surface area contributed by atoms with Crippen molar-refractivity contribution in [3.8, 4) is 11.5 Å². The van der Waals surface area contributed by atoms with E-state index >= 15 is 0 Å². The van der Waals surface area contributed by atoms with E-state index in [0.717, 1.165) is 11.3 Å². The minimum atomic E-state index is -0.565. The Hall–Kier alpha value is -3.36. The fourth-order valence-corrected chi connectivity index (χ4v) is 4.16. The number of hydrogen-bond donors (Lipinski definition) is 0. The summed E-state index contributed by atoms with van der Waals surface area (Å²) in [7, 11) is 1.49. The molecule has 0 saturated carbocycles. The van der Waals surface area contributed by atoms with Crippen LogP contribution in [0.3, 0.4) is 0 Å². The number of hydrogen-bond acceptors (Lipinski definition) is 7. The van der Waals surface area contributed by atoms with E-state index in [0.29, 0.717) is 27.2 Å². The molecule has 0 N–H and O–H groups in total. The molecule has 0 spiro atoms. The molecule has 4 rings (SSSR count). The van der Waals surface area contributed by atoms with Gasteiger partial charge in [-0.3, -0.25) is 9.20 Å². The fraction of sp³-hybridized carbons (Fsp3) is 0.174. The van der Waals surface area contributed by atoms with Gasteiger partial charge in [0.1, 0.15) is 13.2 Å². The molecule has 0 fully saturated rings. The molecule has 7 nitrogen and oxygen atoms in total. The maximum absolute atomic E-state index is 12.5. The van der Waals surface area contributed by atoms with Gasteiger partial charge in [-0.15, -0.1) is 11.3 Å². The molecule has 0 bridgehead atoms. The Morgan fingerprint density at radius 2 is 1.94 bits per heavy atom. The number of carbonyl (C=O) groups is 1. The summed E-state index contributed by atoms with van der Waals surface area (Å²) < 4.78 is 18.0. The molecule has 164 valence electrons. The van der Waals surface area contributed by atoms with E-state index in [2.05, 4.69) is 4.98 Å². The summed E-state index contributed by atoms with van der Waals surface area (Å²) in [4.78, 5) is 29.7. The number of ether oxygens (including phenoxy) is 3. The Labute approximate surface area is 192 Å². The zero-order chi connectivity index (χ0) is 22.7. The monoisotopic (exact) mass is 470 g/mol. The van der Waals surface area contributed by atoms with Crippen LogP contribution in [0.1, 0.15) is 27.3 Å². The van der Waals surface area contributed by atoms with Crippen LogP contribution < -0.4 is 15.0 Å². The lowest BCUT2D eigenvalue weighted by Gasteiger charge is -2.13. The largest absolute Gasteiger partial charge is 0.493 e. The molecule has 2 aromatic heterocycles. The van der Waals surface area contributed by atoms with Gasteiger partial charge < -0.3 is 14.2 Å². The smallest absolute Gasteiger partial charge is 0.338 e. The van der Waals surface area contributed by atoms with E-state index in [-0.39, 0.29) is 24.3 Å². The Balaban J connectivity index is 1.44. The Morgan fingerprint density at radius 1 is 1.12 bits per heavy atom. The normalized spacial score (nSPS) is 10.8. The van der Waals surface area contributed by atoms with Crippen molar-refractivity contribution >= 4 is 33.9 Å². The number of aromatic nitrogens is 2. The topological polar surface area (TPSA) is 79.1 Å². The van der Waals surface area contributed by atoms with Gasteiger partial charge in [-0.05, 0) is 31.2 Å². The van der Waals surface area contributed by atoms with Crippen molar-refractivity contribution in [1.29, 1.82) is 0 Å². The van der Waals surface area contributed by atoms with E-state index in [9.17, 15) is 9.59 Å². The van der Waals surface area contributed by atoms with Gasteiger partial charge in [0, 0.05) is 27.7 Å². The van der Waals surface area contributed by atoms with E-state index < -0.39 is 5.97 Å². The predicted molar refractivity (Wildman–Crippen MR) is 122 cm³/mol. The van der Waals surface area contributed by atoms with Gasteiger partial charge in [0.05, 0.1) is 18.4 Å². The van der Waals surface area contributed by atoms with Gasteiger partial charge in [-0.25, -0.2) is 9.78 Å². The number of esters is 1. The molecule has 2 aromatic carbocycles. The molecular formula is C23H19ClN2O5S. The first-order valence-corrected chi connectivity index (χ1v) is 10.9. The van der Waals surface area contributed by atoms with Crippen LogP contribution in [0.4, 0.5) is 0 Å². The highest BCUT2D eigenvalue weighted by molar-refractivity contribution is 7.15. The lowest BCUT2D eigenvalue weighted by Crippen LogP contribution is -2.16. The number of aryl methyl sites for hydroxylation is 1. The lowest BCUT2D eigenvalue weighted by molar-refractivity contribution is 0.0467. The average Bonchev–Trinajstić information content (AvgIpc) is 3.18. The van der Waals surface area contributed by atoms with Gasteiger partial charge in [0.2, 0.25) is 0 Å². The van der Waals surface area contributed by atoms with Crippen molar-refractivity contribution in [3.05, 3.63) is 91.8 Å². The van der Waals surface area contributed by atoms with Gasteiger partial charge in [0.25, 0.3) is 5.56 Å². The molecule has 0 aliphatic rings. The maximum Gasteiger partial charge on any atom is 0.338 e. The quantitative estimate of drug-likeness (QED) is 0.365. The third-order valence-corrected chi connectivity index (χ3v) is 6.03. The van der Waals surface area contributed by atoms with Crippen molar-refractivity contribution in [2.75, 3.05) is 7.11 Å². The minimum absolute atomic E-state index is 0.116. The van der Waals surface area contributed by atoms with Crippen LogP contribution >= 0.6 is 22.9 Å². The van der Waals surface area contributed by atoms with Gasteiger partial charge >= 0.3 is 5.97 Å². The Bertz CT molecular complexity index is 1350. The van der Waals surface area contributed by atoms with Crippen molar-refractivity contribution in [2.24, 2.45) is 0 Å². The molecule has 4 aromatic rings. The summed E-state index contributed by atoms with van der Waals surface area (Å²) in [6, 6.07) is 13.5. The second-order valence-corrected chi connectivity index (χ2v) is 8.15. The number of benzene rings is 2. The van der Waals surface area contributed by atoms with Crippen molar-refractivity contribution in [2.45, 2.75) is 20.1 Å². The molecule has 0 aliphatic carbocycles. The number of nitrogens with zero attached hydrogens (tertiary/aromatic N) is 2. The number of rotatable bonds is 7. The Kier molecular flexibility index (Phi) is 6.43. The van der Waals surface area contributed by atoms with E-state index in [4.69, 9.17) is 25.8 Å². The average molecular weight is 471 g/mol. The maximum atomic E-state index is 12.5. The summed E-state index contributed by atoms with van der Waals surface area (Å²) in [6.45, 7) is 1.97. The van der Waals surface area contributed by atoms with Crippen LogP contribution in [0.2, 0.25) is 5.02 Å². The molecule has 9 heteroatoms. The summed E-state index contributed by atoms with van der Waals surface area (Å²) in [6.07, 6.45) is 0. The van der Waals surface area contributed by atoms with Crippen molar-refractivity contribution < 1.29 is 19.0 Å². The van der Waals surface area contributed by atoms with E-state index in [1.54, 1.807) is 24.3 Å². The van der Waals surface area contributed by atoms with Crippen LogP contribution in [0.5, 0.6) is 11.5 Å². The second kappa shape index (κ2) is 9.42. The molecule has 2 heterocycles. The molecule has 0 atom stereocenters. The summed E-state index contributed by atoms with van der Waals surface area (Å²) in [5.74, 6) is 0.292. The Morgan fingerprint density at radius 3 is 2.72 bits per heavy atom. The number of thiazole rings is 1. The molecule has 0 unspecified atom stereocenters. The standard InChI is InChI=1S/C23H19ClN2O5S/c1-14-13-32-23-25-17(10-21(27)26(14)23)12-31-22(28)15-7-8-19(20(9-15)29-2)30-11-16-5-3-4-6-18(16)24/h3-10,13H,11-12H2,1-2H3. The van der Waals surface area contributed by atoms with Crippen LogP contribution in [-0.2, 0) is 18.0 Å². The van der Waals surface area contributed by atoms with Gasteiger partial charge in [0.15, 0.2) is 16.5 Å². The molecule has 0 amide bonds. The highest BCUT2D eigenvalue weighted by Crippen LogP contribution is 2.30. The molecule has 32 heavy (non-hydrogen) atoms. The van der Waals surface area contributed by atoms with Crippen LogP contribution in [0, 0.1) is 6.92 Å². The number of fused-ring (bicyclic) bond motifs is 1. The van der Waals surface area contributed by atoms with Crippen LogP contribution in [0.15, 0.2) is 58.7 Å². The first kappa shape index (κ1) is 21.9. The van der Waals surface area contributed by atoms with Crippen LogP contribution in [-0.4, -0.2) is 22.5 Å². The van der Waals surface area contributed by atoms with Crippen LogP contribution in [0.25, 0.3) is 4.96 Å². The third-order valence-electron chi connectivity index (χ3n) is 4.72. The first-order chi connectivity index (χ1) is 15.5. The molecule has 0 aliphatic heterocycles. The summed E-state index contributed by atoms with van der Waals surface area (Å²) in [5.41, 5.74) is 2.12. The zero-order valence-corrected chi connectivity index (χ0v) is 18.9. The number of halogens is 1. The molecular weight excluding hydrogens is 452 g/mol. The minimum Gasteiger partial charge on any atom is -0.493 e. The van der Waals surface area contributed by atoms with E-state index in [1.807, 2.05) is 30.5 Å². The third kappa shape index (κ3) is 4.61. The predicted octanol–water partition coefficient (Wildman–Crippen LogP) is 4.66. The molecule has 0 radical (unpaired) electrons. The lowest BCUT2D eigenvalue weighted by atomic mass is 10.2. The SMILES string of the molecule is COc1cc(C(=O)OCc2cc(=O)n3c(C)csc3n2)ccc1OCc1ccccc1Cl. The fourth-order valence-electron chi connectivity index (χ4n) is 3.08. The van der Waals surface area contributed by atoms with Gasteiger partial charge in [-0.1, -0.05) is 29.8 Å². The highest BCUT2D eigenvalue weighted by atomic mass is 35.5. The molecule has 0 saturated heterocycles. The van der Waals surface area contributed by atoms with Gasteiger partial charge in [-0.2, -0.15) is 0 Å². The summed E-state index contributed by atoms with van der Waals surface area (Å²) in [5, 5.41) is 2.46. The number of methoxy groups -OCH3 is 1. The highest BCUT2D eigenvalue weighted by Gasteiger charge is 2.14. The zero-order valence-electron chi connectivity index (χ0n) is 17.3. The van der Waals surface area contributed by atoms with Crippen molar-refractivity contribution in [3.63, 3.8) is 0 Å². The number of carbonyl (C=O) groups excluding carboxylic acids is 1. The van der Waals surface area contributed by atoms with Crippen molar-refractivity contribution in [1.82, 2.24) is 9.38 Å². The second-order valence-electron chi connectivity index (χ2n) is 6.90.